The Bertz CT molecular complexity index is 1480. The fourth-order valence-corrected chi connectivity index (χ4v) is 4.67. The molecule has 224 valence electrons. The summed E-state index contributed by atoms with van der Waals surface area (Å²) in [5.74, 6) is -0.400. The van der Waals surface area contributed by atoms with Crippen LogP contribution in [0.3, 0.4) is 0 Å². The molecule has 0 bridgehead atoms. The summed E-state index contributed by atoms with van der Waals surface area (Å²) in [6.45, 7) is 4.85. The van der Waals surface area contributed by atoms with Crippen LogP contribution in [-0.4, -0.2) is 99.3 Å². The molecule has 14 nitrogen and oxygen atoms in total. The van der Waals surface area contributed by atoms with Gasteiger partial charge in [0.1, 0.15) is 19.0 Å². The quantitative estimate of drug-likeness (QED) is 0.240. The van der Waals surface area contributed by atoms with E-state index < -0.39 is 18.0 Å². The van der Waals surface area contributed by atoms with Gasteiger partial charge < -0.3 is 39.4 Å². The fourth-order valence-electron chi connectivity index (χ4n) is 4.67. The molecule has 14 heteroatoms. The van der Waals surface area contributed by atoms with Gasteiger partial charge in [-0.2, -0.15) is 0 Å². The highest BCUT2D eigenvalue weighted by molar-refractivity contribution is 5.89. The Morgan fingerprint density at radius 2 is 1.79 bits per heavy atom. The van der Waals surface area contributed by atoms with Crippen molar-refractivity contribution in [2.75, 3.05) is 46.5 Å². The molecule has 0 aromatic carbocycles. The molecule has 3 aromatic rings. The number of carboxylic acids is 2. The minimum Gasteiger partial charge on any atom is -0.495 e. The van der Waals surface area contributed by atoms with Crippen molar-refractivity contribution < 1.29 is 39.1 Å². The third kappa shape index (κ3) is 8.25. The lowest BCUT2D eigenvalue weighted by Gasteiger charge is -2.19. The predicted molar refractivity (Wildman–Crippen MR) is 150 cm³/mol. The number of likely N-dealkylation sites (tertiary alicyclic amines) is 1. The first-order valence-corrected chi connectivity index (χ1v) is 13.3. The number of ether oxygens (including phenoxy) is 3. The molecule has 0 aliphatic carbocycles. The second-order valence-electron chi connectivity index (χ2n) is 9.65. The smallest absolute Gasteiger partial charge is 0.328 e. The number of rotatable bonds is 10. The number of pyridine rings is 3. The number of aliphatic hydroxyl groups excluding tert-OH is 1. The molecule has 0 amide bonds. The van der Waals surface area contributed by atoms with E-state index in [1.807, 2.05) is 12.1 Å². The van der Waals surface area contributed by atoms with E-state index in [1.54, 1.807) is 36.2 Å². The van der Waals surface area contributed by atoms with Crippen LogP contribution in [0.5, 0.6) is 17.2 Å². The Morgan fingerprint density at radius 1 is 1.05 bits per heavy atom. The number of methoxy groups -OCH3 is 1. The first kappa shape index (κ1) is 30.4. The highest BCUT2D eigenvalue weighted by atomic mass is 16.6. The zero-order chi connectivity index (χ0) is 30.1. The molecule has 1 saturated heterocycles. The normalized spacial score (nSPS) is 18.0. The summed E-state index contributed by atoms with van der Waals surface area (Å²) in [6.07, 6.45) is 4.03. The zero-order valence-corrected chi connectivity index (χ0v) is 23.0. The van der Waals surface area contributed by atoms with Gasteiger partial charge in [-0.25, -0.2) is 9.59 Å². The van der Waals surface area contributed by atoms with Crippen molar-refractivity contribution in [2.45, 2.75) is 19.2 Å². The van der Waals surface area contributed by atoms with Gasteiger partial charge in [0.2, 0.25) is 0 Å². The molecule has 1 fully saturated rings. The molecule has 5 heterocycles. The molecular formula is C28H33N5O9. The average Bonchev–Trinajstić information content (AvgIpc) is 3.34. The molecule has 0 saturated carbocycles. The topological polar surface area (TPSA) is 186 Å². The number of carboxylic acid groups (broad SMARTS) is 2. The molecule has 42 heavy (non-hydrogen) atoms. The average molecular weight is 584 g/mol. The van der Waals surface area contributed by atoms with Crippen molar-refractivity contribution in [1.82, 2.24) is 24.8 Å². The number of fused-ring (bicyclic) bond motifs is 2. The molecule has 2 aliphatic rings. The summed E-state index contributed by atoms with van der Waals surface area (Å²) < 4.78 is 18.1. The van der Waals surface area contributed by atoms with Gasteiger partial charge in [0.05, 0.1) is 42.3 Å². The second-order valence-corrected chi connectivity index (χ2v) is 9.65. The highest BCUT2D eigenvalue weighted by Crippen LogP contribution is 2.29. The maximum atomic E-state index is 12.5. The monoisotopic (exact) mass is 583 g/mol. The lowest BCUT2D eigenvalue weighted by molar-refractivity contribution is -0.134. The predicted octanol–water partition coefficient (Wildman–Crippen LogP) is 0.366. The molecule has 5 rings (SSSR count). The third-order valence-electron chi connectivity index (χ3n) is 6.74. The molecule has 2 aliphatic heterocycles. The van der Waals surface area contributed by atoms with Gasteiger partial charge in [-0.05, 0) is 6.07 Å². The van der Waals surface area contributed by atoms with Crippen molar-refractivity contribution in [3.63, 3.8) is 0 Å². The van der Waals surface area contributed by atoms with Crippen LogP contribution in [0.4, 0.5) is 0 Å². The van der Waals surface area contributed by atoms with E-state index in [9.17, 15) is 19.5 Å². The molecule has 0 spiro atoms. The van der Waals surface area contributed by atoms with E-state index in [4.69, 9.17) is 24.4 Å². The zero-order valence-electron chi connectivity index (χ0n) is 23.0. The Kier molecular flexibility index (Phi) is 10.4. The first-order valence-electron chi connectivity index (χ1n) is 13.3. The van der Waals surface area contributed by atoms with Crippen molar-refractivity contribution in [2.24, 2.45) is 5.92 Å². The molecule has 4 N–H and O–H groups in total. The Hall–Kier alpha value is -4.53. The van der Waals surface area contributed by atoms with Crippen LogP contribution in [0.25, 0.3) is 11.0 Å². The lowest BCUT2D eigenvalue weighted by atomic mass is 10.1. The number of β-amino-alcohol motifs (C(OH)–C–C–N with tert-alkyl or cyclic N) is 1. The summed E-state index contributed by atoms with van der Waals surface area (Å²) >= 11 is 0. The highest BCUT2D eigenvalue weighted by Gasteiger charge is 2.30. The third-order valence-corrected chi connectivity index (χ3v) is 6.74. The van der Waals surface area contributed by atoms with E-state index in [0.717, 1.165) is 29.0 Å². The number of hydrogen-bond donors (Lipinski definition) is 4. The first-order chi connectivity index (χ1) is 20.2. The molecule has 0 unspecified atom stereocenters. The molecular weight excluding hydrogens is 550 g/mol. The summed E-state index contributed by atoms with van der Waals surface area (Å²) in [6, 6.07) is 7.00. The van der Waals surface area contributed by atoms with Crippen LogP contribution in [0.15, 0.2) is 53.6 Å². The Balaban J connectivity index is 0.000000446. The van der Waals surface area contributed by atoms with Crippen LogP contribution in [0.2, 0.25) is 0 Å². The van der Waals surface area contributed by atoms with E-state index in [-0.39, 0.29) is 11.5 Å². The number of aliphatic hydroxyl groups is 1. The fraction of sp³-hybridized carbons (Fsp3) is 0.393. The van der Waals surface area contributed by atoms with E-state index in [2.05, 4.69) is 20.2 Å². The summed E-state index contributed by atoms with van der Waals surface area (Å²) in [4.78, 5) is 42.6. The van der Waals surface area contributed by atoms with Crippen molar-refractivity contribution >= 4 is 23.0 Å². The number of hydrogen-bond acceptors (Lipinski definition) is 11. The molecule has 3 aromatic heterocycles. The van der Waals surface area contributed by atoms with Crippen molar-refractivity contribution in [3.8, 4) is 17.2 Å². The van der Waals surface area contributed by atoms with Gasteiger partial charge in [0.25, 0.3) is 5.56 Å². The molecule has 2 atom stereocenters. The van der Waals surface area contributed by atoms with Gasteiger partial charge in [-0.3, -0.25) is 19.7 Å². The number of nitrogens with one attached hydrogen (secondary N) is 1. The summed E-state index contributed by atoms with van der Waals surface area (Å²) in [7, 11) is 1.58. The minimum atomic E-state index is -1.26. The maximum Gasteiger partial charge on any atom is 0.328 e. The van der Waals surface area contributed by atoms with Gasteiger partial charge in [0, 0.05) is 75.5 Å². The van der Waals surface area contributed by atoms with E-state index in [0.29, 0.717) is 69.6 Å². The van der Waals surface area contributed by atoms with Crippen LogP contribution in [-0.2, 0) is 22.7 Å². The standard InChI is InChI=1S/C24H29N5O5.C4H4O4/c1-32-18-9-20-19(27-12-18)2-3-24(31)29(20)5-4-28-14-16(21(30)15-28)10-25-11-17-8-22-23(13-26-17)34-7-6-33-22;5-3(6)1-2-4(7)8/h2-3,8-9,12-13,16,21,25,30H,4-7,10-11,14-15H2,1H3;1-2H,(H,5,6)(H,7,8)/t16-,21+;/m0./s1. The Labute approximate surface area is 240 Å². The van der Waals surface area contributed by atoms with Crippen LogP contribution in [0, 0.1) is 5.92 Å². The number of carbonyl (C=O) groups is 2. The van der Waals surface area contributed by atoms with Crippen molar-refractivity contribution in [3.05, 3.63) is 64.9 Å². The maximum absolute atomic E-state index is 12.5. The number of aliphatic carboxylic acids is 2. The van der Waals surface area contributed by atoms with Gasteiger partial charge >= 0.3 is 11.9 Å². The SMILES string of the molecule is COc1cnc2ccc(=O)n(CCN3C[C@H](CNCc4cc5c(cn4)OCCO5)[C@H](O)C3)c2c1.O=C(O)C=CC(=O)O. The summed E-state index contributed by atoms with van der Waals surface area (Å²) in [5, 5.41) is 29.6. The van der Waals surface area contributed by atoms with Crippen LogP contribution < -0.4 is 25.1 Å². The van der Waals surface area contributed by atoms with Crippen LogP contribution in [0.1, 0.15) is 5.69 Å². The van der Waals surface area contributed by atoms with Crippen molar-refractivity contribution in [1.29, 1.82) is 0 Å². The van der Waals surface area contributed by atoms with Crippen LogP contribution >= 0.6 is 0 Å². The minimum absolute atomic E-state index is 0.0764. The Morgan fingerprint density at radius 3 is 2.50 bits per heavy atom. The van der Waals surface area contributed by atoms with E-state index >= 15 is 0 Å². The second kappa shape index (κ2) is 14.4. The van der Waals surface area contributed by atoms with E-state index in [1.165, 1.54) is 0 Å². The number of aromatic nitrogens is 3. The number of nitrogens with zero attached hydrogens (tertiary/aromatic N) is 4. The largest absolute Gasteiger partial charge is 0.495 e. The van der Waals surface area contributed by atoms with Gasteiger partial charge in [0.15, 0.2) is 11.5 Å². The van der Waals surface area contributed by atoms with Gasteiger partial charge in [-0.15, -0.1) is 0 Å². The lowest BCUT2D eigenvalue weighted by Crippen LogP contribution is -2.31. The molecule has 0 radical (unpaired) electrons. The summed E-state index contributed by atoms with van der Waals surface area (Å²) in [5.41, 5.74) is 2.29. The van der Waals surface area contributed by atoms with Gasteiger partial charge in [-0.1, -0.05) is 0 Å².